The molecule has 174 valence electrons. The van der Waals surface area contributed by atoms with Crippen molar-refractivity contribution in [3.8, 4) is 18.9 Å². The molecule has 2 unspecified atom stereocenters. The van der Waals surface area contributed by atoms with Crippen LogP contribution in [0.2, 0.25) is 10.0 Å². The van der Waals surface area contributed by atoms with Crippen molar-refractivity contribution in [1.82, 2.24) is 5.32 Å². The van der Waals surface area contributed by atoms with Crippen molar-refractivity contribution in [2.24, 2.45) is 11.1 Å². The molecular weight excluding hydrogens is 467 g/mol. The van der Waals surface area contributed by atoms with E-state index in [0.717, 1.165) is 6.07 Å². The molecule has 2 aromatic carbocycles. The highest BCUT2D eigenvalue weighted by atomic mass is 35.5. The van der Waals surface area contributed by atoms with Crippen molar-refractivity contribution >= 4 is 29.1 Å². The van der Waals surface area contributed by atoms with Crippen LogP contribution in [0.25, 0.3) is 0 Å². The number of terminal acetylenes is 1. The third-order valence-corrected chi connectivity index (χ3v) is 6.28. The van der Waals surface area contributed by atoms with Gasteiger partial charge in [-0.25, -0.2) is 8.78 Å². The first-order valence-corrected chi connectivity index (χ1v) is 10.9. The minimum absolute atomic E-state index is 0.0225. The molecule has 3 rings (SSSR count). The molecule has 1 aliphatic rings. The number of rotatable bonds is 4. The van der Waals surface area contributed by atoms with Crippen LogP contribution in [-0.2, 0) is 10.2 Å². The summed E-state index contributed by atoms with van der Waals surface area (Å²) in [4.78, 5) is 12.4. The maximum Gasteiger partial charge on any atom is 0.235 e. The second-order valence-electron chi connectivity index (χ2n) is 9.09. The van der Waals surface area contributed by atoms with Crippen molar-refractivity contribution in [3.05, 3.63) is 69.2 Å². The fourth-order valence-corrected chi connectivity index (χ4v) is 4.92. The Labute approximate surface area is 203 Å². The number of hydrogen-bond donors (Lipinski definition) is 2. The van der Waals surface area contributed by atoms with E-state index in [2.05, 4.69) is 24.2 Å². The zero-order valence-electron chi connectivity index (χ0n) is 18.5. The highest BCUT2D eigenvalue weighted by Gasteiger charge is 2.60. The lowest BCUT2D eigenvalue weighted by atomic mass is 9.62. The molecule has 1 saturated heterocycles. The van der Waals surface area contributed by atoms with Crippen LogP contribution >= 0.6 is 23.2 Å². The number of amides is 1. The van der Waals surface area contributed by atoms with Crippen LogP contribution in [0.4, 0.5) is 8.78 Å². The Morgan fingerprint density at radius 1 is 1.24 bits per heavy atom. The topological polar surface area (TPSA) is 78.9 Å². The van der Waals surface area contributed by atoms with E-state index in [4.69, 9.17) is 28.9 Å². The third kappa shape index (κ3) is 4.99. The normalized spacial score (nSPS) is 24.4. The van der Waals surface area contributed by atoms with E-state index >= 15 is 8.78 Å². The summed E-state index contributed by atoms with van der Waals surface area (Å²) in [6.07, 6.45) is 8.39. The van der Waals surface area contributed by atoms with Gasteiger partial charge >= 0.3 is 0 Å². The summed E-state index contributed by atoms with van der Waals surface area (Å²) in [5.74, 6) is -3.37. The molecule has 0 radical (unpaired) electrons. The standard InChI is InChI=1S/C23H23Cl2F2N3O.C2H2/c1-22(2,3)10-17-23(11-28,14-8-7-12(24)9-16(14)26)18(20(30-17)21(29)31)13-5-4-6-15(25)19(13)27;1-2/h4-9,17-18,20,30H,10H2,1-3H3,(H2,29,31);1-2H/t17?,18?,20-,23+;/m1./s1. The summed E-state index contributed by atoms with van der Waals surface area (Å²) < 4.78 is 30.4. The van der Waals surface area contributed by atoms with Crippen LogP contribution in [0.1, 0.15) is 44.2 Å². The first kappa shape index (κ1) is 26.6. The molecule has 1 aliphatic heterocycles. The van der Waals surface area contributed by atoms with Crippen molar-refractivity contribution in [2.75, 3.05) is 0 Å². The number of benzene rings is 2. The minimum Gasteiger partial charge on any atom is -0.368 e. The summed E-state index contributed by atoms with van der Waals surface area (Å²) in [7, 11) is 0. The monoisotopic (exact) mass is 491 g/mol. The Bertz CT molecular complexity index is 1110. The van der Waals surface area contributed by atoms with E-state index < -0.39 is 41.0 Å². The predicted octanol–water partition coefficient (Wildman–Crippen LogP) is 5.33. The van der Waals surface area contributed by atoms with Crippen LogP contribution in [0.15, 0.2) is 36.4 Å². The van der Waals surface area contributed by atoms with Gasteiger partial charge in [-0.05, 0) is 35.6 Å². The highest BCUT2D eigenvalue weighted by Crippen LogP contribution is 2.52. The van der Waals surface area contributed by atoms with Gasteiger partial charge in [0.15, 0.2) is 0 Å². The zero-order chi connectivity index (χ0) is 25.1. The maximum absolute atomic E-state index is 15.2. The molecular formula is C25H25Cl2F2N3O. The highest BCUT2D eigenvalue weighted by molar-refractivity contribution is 6.31. The smallest absolute Gasteiger partial charge is 0.235 e. The number of nitriles is 1. The van der Waals surface area contributed by atoms with Gasteiger partial charge < -0.3 is 11.1 Å². The first-order valence-electron chi connectivity index (χ1n) is 10.1. The molecule has 4 nitrogen and oxygen atoms in total. The fourth-order valence-electron chi connectivity index (χ4n) is 4.58. The predicted molar refractivity (Wildman–Crippen MR) is 127 cm³/mol. The molecule has 33 heavy (non-hydrogen) atoms. The number of carbonyl (C=O) groups excluding carboxylic acids is 1. The van der Waals surface area contributed by atoms with Crippen molar-refractivity contribution in [3.63, 3.8) is 0 Å². The lowest BCUT2D eigenvalue weighted by molar-refractivity contribution is -0.120. The van der Waals surface area contributed by atoms with Gasteiger partial charge in [-0.1, -0.05) is 62.2 Å². The van der Waals surface area contributed by atoms with Crippen LogP contribution in [0.3, 0.4) is 0 Å². The van der Waals surface area contributed by atoms with Gasteiger partial charge in [0.25, 0.3) is 0 Å². The molecule has 1 fully saturated rings. The number of nitrogens with two attached hydrogens (primary N) is 1. The van der Waals surface area contributed by atoms with Gasteiger partial charge in [0.05, 0.1) is 17.1 Å². The number of halogens is 4. The number of nitrogens with one attached hydrogen (secondary N) is 1. The van der Waals surface area contributed by atoms with E-state index in [1.807, 2.05) is 20.8 Å². The SMILES string of the molecule is C#C.CC(C)(C)CC1N[C@@H](C(N)=O)C(c2cccc(Cl)c2F)[C@@]1(C#N)c1ccc(Cl)cc1F. The summed E-state index contributed by atoms with van der Waals surface area (Å²) in [6.45, 7) is 5.88. The Morgan fingerprint density at radius 3 is 2.39 bits per heavy atom. The van der Waals surface area contributed by atoms with Crippen molar-refractivity contribution in [2.45, 2.75) is 50.6 Å². The second-order valence-corrected chi connectivity index (χ2v) is 9.93. The zero-order valence-corrected chi connectivity index (χ0v) is 20.0. The quantitative estimate of drug-likeness (QED) is 0.567. The number of nitrogens with zero attached hydrogens (tertiary/aromatic N) is 1. The molecule has 8 heteroatoms. The Morgan fingerprint density at radius 2 is 1.88 bits per heavy atom. The van der Waals surface area contributed by atoms with Gasteiger partial charge in [0.2, 0.25) is 5.91 Å². The lowest BCUT2D eigenvalue weighted by Gasteiger charge is -2.37. The van der Waals surface area contributed by atoms with Gasteiger partial charge in [-0.15, -0.1) is 12.8 Å². The maximum atomic E-state index is 15.2. The minimum atomic E-state index is -1.65. The van der Waals surface area contributed by atoms with Gasteiger partial charge in [0, 0.05) is 22.5 Å². The van der Waals surface area contributed by atoms with Crippen LogP contribution in [-0.4, -0.2) is 18.0 Å². The van der Waals surface area contributed by atoms with Gasteiger partial charge in [-0.3, -0.25) is 4.79 Å². The van der Waals surface area contributed by atoms with E-state index in [0.29, 0.717) is 6.42 Å². The summed E-state index contributed by atoms with van der Waals surface area (Å²) in [5.41, 5.74) is 3.78. The average Bonchev–Trinajstić information content (AvgIpc) is 3.05. The lowest BCUT2D eigenvalue weighted by Crippen LogP contribution is -2.45. The van der Waals surface area contributed by atoms with Gasteiger partial charge in [-0.2, -0.15) is 5.26 Å². The second kappa shape index (κ2) is 10.1. The molecule has 0 aliphatic carbocycles. The number of hydrogen-bond acceptors (Lipinski definition) is 3. The number of carbonyl (C=O) groups is 1. The average molecular weight is 492 g/mol. The molecule has 1 heterocycles. The Hall–Kier alpha value is -2.64. The van der Waals surface area contributed by atoms with Gasteiger partial charge in [0.1, 0.15) is 17.0 Å². The fraction of sp³-hybridized carbons (Fsp3) is 0.360. The van der Waals surface area contributed by atoms with Crippen LogP contribution in [0.5, 0.6) is 0 Å². The molecule has 4 atom stereocenters. The summed E-state index contributed by atoms with van der Waals surface area (Å²) in [6, 6.07) is 8.75. The van der Waals surface area contributed by atoms with Crippen molar-refractivity contribution in [1.29, 1.82) is 5.26 Å². The Balaban J connectivity index is 0.00000187. The van der Waals surface area contributed by atoms with Crippen LogP contribution in [0, 0.1) is 41.2 Å². The van der Waals surface area contributed by atoms with E-state index in [9.17, 15) is 10.1 Å². The largest absolute Gasteiger partial charge is 0.368 e. The van der Waals surface area contributed by atoms with E-state index in [1.165, 1.54) is 30.3 Å². The van der Waals surface area contributed by atoms with Crippen LogP contribution < -0.4 is 11.1 Å². The summed E-state index contributed by atoms with van der Waals surface area (Å²) >= 11 is 12.0. The third-order valence-electron chi connectivity index (χ3n) is 5.76. The molecule has 0 spiro atoms. The van der Waals surface area contributed by atoms with Crippen molar-refractivity contribution < 1.29 is 13.6 Å². The first-order chi connectivity index (χ1) is 15.4. The molecule has 1 amide bonds. The van der Waals surface area contributed by atoms with E-state index in [1.54, 1.807) is 0 Å². The molecule has 0 aromatic heterocycles. The molecule has 2 aromatic rings. The summed E-state index contributed by atoms with van der Waals surface area (Å²) in [5, 5.41) is 13.6. The number of primary amides is 1. The Kier molecular flexibility index (Phi) is 8.14. The molecule has 3 N–H and O–H groups in total. The van der Waals surface area contributed by atoms with E-state index in [-0.39, 0.29) is 26.6 Å². The molecule has 0 bridgehead atoms. The molecule has 0 saturated carbocycles.